The molecule has 0 spiro atoms. The Morgan fingerprint density at radius 3 is 2.16 bits per heavy atom. The molecule has 0 bridgehead atoms. The highest BCUT2D eigenvalue weighted by Crippen LogP contribution is 2.19. The van der Waals surface area contributed by atoms with E-state index in [9.17, 15) is 9.59 Å². The van der Waals surface area contributed by atoms with Crippen LogP contribution in [0, 0.1) is 0 Å². The molecule has 3 aromatic carbocycles. The summed E-state index contributed by atoms with van der Waals surface area (Å²) in [4.78, 5) is 24.4. The summed E-state index contributed by atoms with van der Waals surface area (Å²) in [5.74, 6) is 0.169. The van der Waals surface area contributed by atoms with Gasteiger partial charge in [0.1, 0.15) is 30.3 Å². The van der Waals surface area contributed by atoms with Gasteiger partial charge < -0.3 is 19.5 Å². The third-order valence-corrected chi connectivity index (χ3v) is 4.37. The molecular weight excluding hydrogens is 394 g/mol. The monoisotopic (exact) mass is 419 g/mol. The minimum absolute atomic E-state index is 0.263. The van der Waals surface area contributed by atoms with Crippen LogP contribution >= 0.6 is 0 Å². The Hall–Kier alpha value is -3.80. The summed E-state index contributed by atoms with van der Waals surface area (Å²) in [7, 11) is 0. The van der Waals surface area contributed by atoms with Crippen molar-refractivity contribution in [1.29, 1.82) is 0 Å². The quantitative estimate of drug-likeness (QED) is 0.379. The summed E-state index contributed by atoms with van der Waals surface area (Å²) in [6, 6.07) is 26.0. The number of esters is 1. The normalized spacial score (nSPS) is 10.2. The van der Waals surface area contributed by atoms with Crippen molar-refractivity contribution in [2.45, 2.75) is 6.42 Å². The number of hydrogen-bond donors (Lipinski definition) is 1. The SMILES string of the molecule is O=C(COC(=O)c1ccccc1OCCOc1ccccc1)NCCc1ccccc1. The minimum atomic E-state index is -0.613. The van der Waals surface area contributed by atoms with Crippen LogP contribution < -0.4 is 14.8 Å². The second-order valence-corrected chi connectivity index (χ2v) is 6.67. The lowest BCUT2D eigenvalue weighted by molar-refractivity contribution is -0.124. The Bertz CT molecular complexity index is 960. The zero-order chi connectivity index (χ0) is 21.7. The van der Waals surface area contributed by atoms with Crippen molar-refractivity contribution in [1.82, 2.24) is 5.32 Å². The standard InChI is InChI=1S/C25H25NO5/c27-24(26-16-15-20-9-3-1-4-10-20)19-31-25(28)22-13-7-8-14-23(22)30-18-17-29-21-11-5-2-6-12-21/h1-14H,15-19H2,(H,26,27). The first-order valence-electron chi connectivity index (χ1n) is 10.1. The lowest BCUT2D eigenvalue weighted by Crippen LogP contribution is -2.30. The predicted molar refractivity (Wildman–Crippen MR) is 117 cm³/mol. The zero-order valence-electron chi connectivity index (χ0n) is 17.2. The van der Waals surface area contributed by atoms with E-state index in [1.165, 1.54) is 0 Å². The molecule has 3 rings (SSSR count). The summed E-state index contributed by atoms with van der Waals surface area (Å²) >= 11 is 0. The largest absolute Gasteiger partial charge is 0.490 e. The number of carbonyl (C=O) groups is 2. The van der Waals surface area contributed by atoms with Crippen molar-refractivity contribution in [2.24, 2.45) is 0 Å². The number of ether oxygens (including phenoxy) is 3. The number of amides is 1. The lowest BCUT2D eigenvalue weighted by atomic mass is 10.1. The Morgan fingerprint density at radius 2 is 1.39 bits per heavy atom. The van der Waals surface area contributed by atoms with Crippen LogP contribution in [0.2, 0.25) is 0 Å². The van der Waals surface area contributed by atoms with Gasteiger partial charge in [-0.1, -0.05) is 60.7 Å². The maximum absolute atomic E-state index is 12.4. The molecular formula is C25H25NO5. The lowest BCUT2D eigenvalue weighted by Gasteiger charge is -2.12. The molecule has 31 heavy (non-hydrogen) atoms. The number of benzene rings is 3. The summed E-state index contributed by atoms with van der Waals surface area (Å²) < 4.78 is 16.4. The zero-order valence-corrected chi connectivity index (χ0v) is 17.2. The number of nitrogens with one attached hydrogen (secondary N) is 1. The van der Waals surface area contributed by atoms with Gasteiger partial charge in [-0.05, 0) is 36.2 Å². The average molecular weight is 419 g/mol. The molecule has 0 fully saturated rings. The molecule has 1 amide bonds. The summed E-state index contributed by atoms with van der Waals surface area (Å²) in [6.45, 7) is 0.719. The highest BCUT2D eigenvalue weighted by atomic mass is 16.5. The van der Waals surface area contributed by atoms with Crippen molar-refractivity contribution in [3.8, 4) is 11.5 Å². The van der Waals surface area contributed by atoms with E-state index in [4.69, 9.17) is 14.2 Å². The van der Waals surface area contributed by atoms with Crippen LogP contribution in [0.25, 0.3) is 0 Å². The summed E-state index contributed by atoms with van der Waals surface area (Å²) in [5.41, 5.74) is 1.39. The molecule has 0 aromatic heterocycles. The third-order valence-electron chi connectivity index (χ3n) is 4.37. The summed E-state index contributed by atoms with van der Waals surface area (Å²) in [6.07, 6.45) is 0.711. The molecule has 0 radical (unpaired) electrons. The van der Waals surface area contributed by atoms with Gasteiger partial charge in [-0.3, -0.25) is 4.79 Å². The van der Waals surface area contributed by atoms with Crippen molar-refractivity contribution < 1.29 is 23.8 Å². The molecule has 1 N–H and O–H groups in total. The molecule has 0 heterocycles. The van der Waals surface area contributed by atoms with Crippen LogP contribution in [0.15, 0.2) is 84.9 Å². The maximum Gasteiger partial charge on any atom is 0.342 e. The van der Waals surface area contributed by atoms with E-state index in [0.717, 1.165) is 11.3 Å². The molecule has 0 unspecified atom stereocenters. The van der Waals surface area contributed by atoms with Crippen LogP contribution in [-0.4, -0.2) is 38.2 Å². The van der Waals surface area contributed by atoms with E-state index in [1.54, 1.807) is 24.3 Å². The van der Waals surface area contributed by atoms with Crippen molar-refractivity contribution >= 4 is 11.9 Å². The van der Waals surface area contributed by atoms with E-state index < -0.39 is 5.97 Å². The van der Waals surface area contributed by atoms with Crippen molar-refractivity contribution in [3.05, 3.63) is 96.1 Å². The fourth-order valence-electron chi connectivity index (χ4n) is 2.84. The Labute approximate surface area is 181 Å². The molecule has 0 aliphatic carbocycles. The number of carbonyl (C=O) groups excluding carboxylic acids is 2. The highest BCUT2D eigenvalue weighted by molar-refractivity contribution is 5.93. The Balaban J connectivity index is 1.40. The smallest absolute Gasteiger partial charge is 0.342 e. The molecule has 3 aromatic rings. The van der Waals surface area contributed by atoms with E-state index in [-0.39, 0.29) is 24.7 Å². The molecule has 0 aliphatic rings. The van der Waals surface area contributed by atoms with E-state index in [2.05, 4.69) is 5.32 Å². The van der Waals surface area contributed by atoms with Crippen LogP contribution in [-0.2, 0) is 16.0 Å². The molecule has 0 saturated carbocycles. The van der Waals surface area contributed by atoms with E-state index in [0.29, 0.717) is 25.3 Å². The van der Waals surface area contributed by atoms with Gasteiger partial charge in [0.25, 0.3) is 5.91 Å². The molecule has 0 aliphatic heterocycles. The first-order valence-corrected chi connectivity index (χ1v) is 10.1. The van der Waals surface area contributed by atoms with Gasteiger partial charge in [-0.2, -0.15) is 0 Å². The topological polar surface area (TPSA) is 73.9 Å². The van der Waals surface area contributed by atoms with Crippen LogP contribution in [0.4, 0.5) is 0 Å². The Morgan fingerprint density at radius 1 is 0.742 bits per heavy atom. The van der Waals surface area contributed by atoms with Gasteiger partial charge in [0.15, 0.2) is 6.61 Å². The van der Waals surface area contributed by atoms with Crippen molar-refractivity contribution in [2.75, 3.05) is 26.4 Å². The van der Waals surface area contributed by atoms with Gasteiger partial charge in [0, 0.05) is 6.54 Å². The van der Waals surface area contributed by atoms with Gasteiger partial charge >= 0.3 is 5.97 Å². The van der Waals surface area contributed by atoms with Crippen LogP contribution in [0.5, 0.6) is 11.5 Å². The van der Waals surface area contributed by atoms with Gasteiger partial charge in [0.2, 0.25) is 0 Å². The molecule has 0 saturated heterocycles. The fourth-order valence-corrected chi connectivity index (χ4v) is 2.84. The maximum atomic E-state index is 12.4. The van der Waals surface area contributed by atoms with Gasteiger partial charge in [-0.15, -0.1) is 0 Å². The molecule has 6 heteroatoms. The minimum Gasteiger partial charge on any atom is -0.490 e. The predicted octanol–water partition coefficient (Wildman–Crippen LogP) is 3.66. The van der Waals surface area contributed by atoms with E-state index >= 15 is 0 Å². The van der Waals surface area contributed by atoms with Crippen molar-refractivity contribution in [3.63, 3.8) is 0 Å². The Kier molecular flexibility index (Phi) is 8.49. The first kappa shape index (κ1) is 21.9. The molecule has 0 atom stereocenters. The van der Waals surface area contributed by atoms with Crippen LogP contribution in [0.3, 0.4) is 0 Å². The number of para-hydroxylation sites is 2. The van der Waals surface area contributed by atoms with E-state index in [1.807, 2.05) is 60.7 Å². The molecule has 160 valence electrons. The van der Waals surface area contributed by atoms with Crippen LogP contribution in [0.1, 0.15) is 15.9 Å². The second-order valence-electron chi connectivity index (χ2n) is 6.67. The highest BCUT2D eigenvalue weighted by Gasteiger charge is 2.15. The molecule has 6 nitrogen and oxygen atoms in total. The van der Waals surface area contributed by atoms with Gasteiger partial charge in [0.05, 0.1) is 0 Å². The third kappa shape index (κ3) is 7.51. The fraction of sp³-hybridized carbons (Fsp3) is 0.200. The first-order chi connectivity index (χ1) is 15.2. The average Bonchev–Trinajstić information content (AvgIpc) is 2.82. The number of hydrogen-bond acceptors (Lipinski definition) is 5. The van der Waals surface area contributed by atoms with Gasteiger partial charge in [-0.25, -0.2) is 4.79 Å². The summed E-state index contributed by atoms with van der Waals surface area (Å²) in [5, 5.41) is 2.75. The second kappa shape index (κ2) is 12.0. The number of rotatable bonds is 11.